The van der Waals surface area contributed by atoms with E-state index in [0.29, 0.717) is 6.54 Å². The molecule has 0 spiro atoms. The number of para-hydroxylation sites is 1. The van der Waals surface area contributed by atoms with Crippen LogP contribution < -0.4 is 10.1 Å². The van der Waals surface area contributed by atoms with E-state index >= 15 is 0 Å². The van der Waals surface area contributed by atoms with Crippen molar-refractivity contribution in [2.45, 2.75) is 32.4 Å². The molecule has 17 heavy (non-hydrogen) atoms. The number of halogens is 1. The van der Waals surface area contributed by atoms with Crippen LogP contribution in [0, 0.1) is 0 Å². The Hall–Kier alpha value is -0.580. The van der Waals surface area contributed by atoms with E-state index < -0.39 is 6.10 Å². The lowest BCUT2D eigenvalue weighted by Gasteiger charge is -2.23. The smallest absolute Gasteiger partial charge is 0.133 e. The average Bonchev–Trinajstić information content (AvgIpc) is 2.24. The van der Waals surface area contributed by atoms with E-state index in [-0.39, 0.29) is 12.1 Å². The average molecular weight is 302 g/mol. The van der Waals surface area contributed by atoms with Crippen molar-refractivity contribution in [3.63, 3.8) is 0 Å². The monoisotopic (exact) mass is 301 g/mol. The van der Waals surface area contributed by atoms with Crippen molar-refractivity contribution in [2.75, 3.05) is 13.2 Å². The van der Waals surface area contributed by atoms with Gasteiger partial charge in [0.1, 0.15) is 18.5 Å². The molecule has 1 aromatic rings. The molecule has 0 fully saturated rings. The fourth-order valence-electron chi connectivity index (χ4n) is 1.23. The van der Waals surface area contributed by atoms with Crippen molar-refractivity contribution in [1.29, 1.82) is 0 Å². The third-order valence-electron chi connectivity index (χ3n) is 2.14. The first-order valence-electron chi connectivity index (χ1n) is 5.69. The van der Waals surface area contributed by atoms with E-state index in [4.69, 9.17) is 4.74 Å². The highest BCUT2D eigenvalue weighted by Gasteiger charge is 2.12. The predicted octanol–water partition coefficient (Wildman–Crippen LogP) is 2.58. The third kappa shape index (κ3) is 6.05. The van der Waals surface area contributed by atoms with Gasteiger partial charge in [-0.2, -0.15) is 0 Å². The molecule has 0 aliphatic heterocycles. The third-order valence-corrected chi connectivity index (χ3v) is 2.79. The topological polar surface area (TPSA) is 41.5 Å². The fraction of sp³-hybridized carbons (Fsp3) is 0.538. The summed E-state index contributed by atoms with van der Waals surface area (Å²) in [5.41, 5.74) is 0.00824. The Balaban J connectivity index is 2.34. The zero-order chi connectivity index (χ0) is 12.9. The summed E-state index contributed by atoms with van der Waals surface area (Å²) >= 11 is 3.39. The molecular formula is C13H20BrNO2. The number of benzene rings is 1. The highest BCUT2D eigenvalue weighted by molar-refractivity contribution is 9.10. The van der Waals surface area contributed by atoms with Crippen LogP contribution in [0.5, 0.6) is 5.75 Å². The van der Waals surface area contributed by atoms with Gasteiger partial charge in [-0.05, 0) is 48.8 Å². The van der Waals surface area contributed by atoms with Crippen molar-refractivity contribution in [3.05, 3.63) is 28.7 Å². The summed E-state index contributed by atoms with van der Waals surface area (Å²) in [6, 6.07) is 7.61. The number of hydrogen-bond donors (Lipinski definition) is 2. The Kier molecular flexibility index (Phi) is 5.43. The van der Waals surface area contributed by atoms with Crippen LogP contribution in [0.1, 0.15) is 20.8 Å². The van der Waals surface area contributed by atoms with Crippen molar-refractivity contribution < 1.29 is 9.84 Å². The van der Waals surface area contributed by atoms with Crippen LogP contribution in [0.15, 0.2) is 28.7 Å². The van der Waals surface area contributed by atoms with Gasteiger partial charge in [0.25, 0.3) is 0 Å². The van der Waals surface area contributed by atoms with Crippen LogP contribution in [0.4, 0.5) is 0 Å². The molecule has 96 valence electrons. The van der Waals surface area contributed by atoms with Gasteiger partial charge in [0.15, 0.2) is 0 Å². The lowest BCUT2D eigenvalue weighted by molar-refractivity contribution is 0.0997. The maximum atomic E-state index is 9.76. The van der Waals surface area contributed by atoms with E-state index in [1.54, 1.807) is 0 Å². The molecule has 4 heteroatoms. The lowest BCUT2D eigenvalue weighted by atomic mass is 10.1. The van der Waals surface area contributed by atoms with Gasteiger partial charge in [-0.1, -0.05) is 12.1 Å². The first-order chi connectivity index (χ1) is 7.88. The number of β-amino-alcohol motifs (C(OH)–C–C–N with tert-alkyl or cyclic N) is 1. The molecule has 2 N–H and O–H groups in total. The van der Waals surface area contributed by atoms with Crippen LogP contribution in [0.3, 0.4) is 0 Å². The molecule has 1 aromatic carbocycles. The molecule has 3 nitrogen and oxygen atoms in total. The van der Waals surface area contributed by atoms with Crippen LogP contribution in [0.25, 0.3) is 0 Å². The normalized spacial score (nSPS) is 13.5. The van der Waals surface area contributed by atoms with Gasteiger partial charge in [0.2, 0.25) is 0 Å². The highest BCUT2D eigenvalue weighted by atomic mass is 79.9. The Labute approximate surface area is 111 Å². The predicted molar refractivity (Wildman–Crippen MR) is 73.4 cm³/mol. The maximum Gasteiger partial charge on any atom is 0.133 e. The molecule has 0 aliphatic carbocycles. The van der Waals surface area contributed by atoms with Crippen molar-refractivity contribution in [2.24, 2.45) is 0 Å². The van der Waals surface area contributed by atoms with Crippen LogP contribution in [-0.2, 0) is 0 Å². The Morgan fingerprint density at radius 3 is 2.59 bits per heavy atom. The Bertz CT molecular complexity index is 350. The lowest BCUT2D eigenvalue weighted by Crippen LogP contribution is -2.42. The molecule has 1 unspecified atom stereocenters. The molecule has 0 amide bonds. The van der Waals surface area contributed by atoms with Gasteiger partial charge in [-0.15, -0.1) is 0 Å². The summed E-state index contributed by atoms with van der Waals surface area (Å²) in [6.07, 6.45) is -0.513. The van der Waals surface area contributed by atoms with Gasteiger partial charge < -0.3 is 15.2 Å². The minimum atomic E-state index is -0.513. The molecule has 0 saturated carbocycles. The Morgan fingerprint density at radius 1 is 1.35 bits per heavy atom. The van der Waals surface area contributed by atoms with Gasteiger partial charge in [-0.25, -0.2) is 0 Å². The van der Waals surface area contributed by atoms with E-state index in [1.807, 2.05) is 24.3 Å². The zero-order valence-electron chi connectivity index (χ0n) is 10.5. The maximum absolute atomic E-state index is 9.76. The second-order valence-corrected chi connectivity index (χ2v) is 5.88. The second-order valence-electron chi connectivity index (χ2n) is 5.03. The summed E-state index contributed by atoms with van der Waals surface area (Å²) in [5.74, 6) is 0.752. The van der Waals surface area contributed by atoms with E-state index in [2.05, 4.69) is 42.0 Å². The number of ether oxygens (including phenoxy) is 1. The molecular weight excluding hydrogens is 282 g/mol. The molecule has 1 rings (SSSR count). The minimum absolute atomic E-state index is 0.00824. The zero-order valence-corrected chi connectivity index (χ0v) is 12.1. The molecule has 0 heterocycles. The number of aliphatic hydroxyl groups excluding tert-OH is 1. The van der Waals surface area contributed by atoms with Gasteiger partial charge in [0.05, 0.1) is 4.47 Å². The minimum Gasteiger partial charge on any atom is -0.490 e. The van der Waals surface area contributed by atoms with E-state index in [1.165, 1.54) is 0 Å². The van der Waals surface area contributed by atoms with Gasteiger partial charge in [0, 0.05) is 12.1 Å². The summed E-state index contributed by atoms with van der Waals surface area (Å²) in [5, 5.41) is 13.0. The van der Waals surface area contributed by atoms with Crippen molar-refractivity contribution >= 4 is 15.9 Å². The fourth-order valence-corrected chi connectivity index (χ4v) is 1.63. The molecule has 0 bridgehead atoms. The number of hydrogen-bond acceptors (Lipinski definition) is 3. The highest BCUT2D eigenvalue weighted by Crippen LogP contribution is 2.23. The molecule has 0 radical (unpaired) electrons. The van der Waals surface area contributed by atoms with Gasteiger partial charge >= 0.3 is 0 Å². The van der Waals surface area contributed by atoms with Crippen molar-refractivity contribution in [3.8, 4) is 5.75 Å². The first-order valence-corrected chi connectivity index (χ1v) is 6.48. The SMILES string of the molecule is CC(C)(C)NCC(O)COc1ccccc1Br. The number of aliphatic hydroxyl groups is 1. The van der Waals surface area contributed by atoms with Crippen molar-refractivity contribution in [1.82, 2.24) is 5.32 Å². The summed E-state index contributed by atoms with van der Waals surface area (Å²) < 4.78 is 6.43. The number of nitrogens with one attached hydrogen (secondary N) is 1. The van der Waals surface area contributed by atoms with Gasteiger partial charge in [-0.3, -0.25) is 0 Å². The molecule has 0 saturated heterocycles. The van der Waals surface area contributed by atoms with E-state index in [0.717, 1.165) is 10.2 Å². The Morgan fingerprint density at radius 2 is 2.00 bits per heavy atom. The summed E-state index contributed by atoms with van der Waals surface area (Å²) in [4.78, 5) is 0. The standard InChI is InChI=1S/C13H20BrNO2/c1-13(2,3)15-8-10(16)9-17-12-7-5-4-6-11(12)14/h4-7,10,15-16H,8-9H2,1-3H3. The molecule has 0 aromatic heterocycles. The number of rotatable bonds is 5. The molecule has 0 aliphatic rings. The second kappa shape index (κ2) is 6.38. The van der Waals surface area contributed by atoms with Crippen LogP contribution in [-0.4, -0.2) is 29.9 Å². The first kappa shape index (κ1) is 14.5. The summed E-state index contributed by atoms with van der Waals surface area (Å²) in [7, 11) is 0. The largest absolute Gasteiger partial charge is 0.490 e. The van der Waals surface area contributed by atoms with Crippen LogP contribution >= 0.6 is 15.9 Å². The summed E-state index contributed by atoms with van der Waals surface area (Å²) in [6.45, 7) is 7.00. The quantitative estimate of drug-likeness (QED) is 0.878. The molecule has 1 atom stereocenters. The van der Waals surface area contributed by atoms with Crippen LogP contribution in [0.2, 0.25) is 0 Å². The van der Waals surface area contributed by atoms with E-state index in [9.17, 15) is 5.11 Å².